The Morgan fingerprint density at radius 2 is 1.97 bits per heavy atom. The van der Waals surface area contributed by atoms with Gasteiger partial charge in [0, 0.05) is 0 Å². The molecule has 0 amide bonds. The number of aliphatic hydroxyl groups is 1. The number of methoxy groups -OCH3 is 1. The lowest BCUT2D eigenvalue weighted by Gasteiger charge is -2.32. The van der Waals surface area contributed by atoms with E-state index in [1.54, 1.807) is 6.92 Å². The SMILES string of the molecule is CCCCC[C@H](O)CC[C@@H]1[C@H]2Cc3cccc(OCC(=O)OC)c3C[C@H]2C[C@H]1OC(=O)OCC. The van der Waals surface area contributed by atoms with Crippen molar-refractivity contribution in [3.63, 3.8) is 0 Å². The highest BCUT2D eigenvalue weighted by Crippen LogP contribution is 2.49. The third kappa shape index (κ3) is 6.87. The van der Waals surface area contributed by atoms with Gasteiger partial charge in [0.25, 0.3) is 0 Å². The number of esters is 1. The summed E-state index contributed by atoms with van der Waals surface area (Å²) in [5.74, 6) is 1.21. The normalized spacial score (nSPS) is 24.0. The van der Waals surface area contributed by atoms with Gasteiger partial charge < -0.3 is 24.1 Å². The summed E-state index contributed by atoms with van der Waals surface area (Å²) in [6.07, 6.45) is 6.99. The molecular weight excluding hydrogens is 436 g/mol. The fourth-order valence-electron chi connectivity index (χ4n) is 5.68. The Balaban J connectivity index is 1.72. The molecule has 190 valence electrons. The molecule has 7 nitrogen and oxygen atoms in total. The molecule has 1 aromatic rings. The first-order chi connectivity index (χ1) is 16.5. The van der Waals surface area contributed by atoms with Crippen molar-refractivity contribution in [2.75, 3.05) is 20.3 Å². The number of fused-ring (bicyclic) bond motifs is 2. The molecule has 0 unspecified atom stereocenters. The zero-order valence-corrected chi connectivity index (χ0v) is 20.8. The Morgan fingerprint density at radius 1 is 1.15 bits per heavy atom. The molecule has 2 aliphatic carbocycles. The van der Waals surface area contributed by atoms with Crippen molar-refractivity contribution < 1.29 is 33.6 Å². The number of hydrogen-bond acceptors (Lipinski definition) is 7. The van der Waals surface area contributed by atoms with E-state index in [2.05, 4.69) is 13.0 Å². The lowest BCUT2D eigenvalue weighted by molar-refractivity contribution is -0.142. The van der Waals surface area contributed by atoms with Crippen LogP contribution < -0.4 is 4.74 Å². The van der Waals surface area contributed by atoms with Gasteiger partial charge in [0.05, 0.1) is 19.8 Å². The summed E-state index contributed by atoms with van der Waals surface area (Å²) in [6.45, 7) is 4.10. The van der Waals surface area contributed by atoms with Gasteiger partial charge >= 0.3 is 12.1 Å². The highest BCUT2D eigenvalue weighted by molar-refractivity contribution is 5.71. The van der Waals surface area contributed by atoms with Gasteiger partial charge in [-0.3, -0.25) is 0 Å². The van der Waals surface area contributed by atoms with Gasteiger partial charge in [-0.2, -0.15) is 0 Å². The molecule has 1 N–H and O–H groups in total. The number of carbonyl (C=O) groups excluding carboxylic acids is 2. The number of benzene rings is 1. The number of hydrogen-bond donors (Lipinski definition) is 1. The molecule has 0 aromatic heterocycles. The van der Waals surface area contributed by atoms with E-state index in [-0.39, 0.29) is 31.3 Å². The summed E-state index contributed by atoms with van der Waals surface area (Å²) in [6, 6.07) is 5.97. The second-order valence-corrected chi connectivity index (χ2v) is 9.56. The number of rotatable bonds is 12. The van der Waals surface area contributed by atoms with Crippen LogP contribution in [0.4, 0.5) is 4.79 Å². The first kappa shape index (κ1) is 26.3. The molecule has 0 heterocycles. The molecular formula is C27H40O7. The van der Waals surface area contributed by atoms with E-state index < -0.39 is 12.1 Å². The third-order valence-corrected chi connectivity index (χ3v) is 7.38. The van der Waals surface area contributed by atoms with Gasteiger partial charge in [-0.25, -0.2) is 9.59 Å². The van der Waals surface area contributed by atoms with Crippen molar-refractivity contribution in [1.29, 1.82) is 0 Å². The number of unbranched alkanes of at least 4 members (excludes halogenated alkanes) is 2. The van der Waals surface area contributed by atoms with Gasteiger partial charge in [0.1, 0.15) is 11.9 Å². The minimum atomic E-state index is -0.612. The van der Waals surface area contributed by atoms with Crippen LogP contribution >= 0.6 is 0 Å². The monoisotopic (exact) mass is 476 g/mol. The Morgan fingerprint density at radius 3 is 2.71 bits per heavy atom. The average molecular weight is 477 g/mol. The Hall–Kier alpha value is -2.28. The third-order valence-electron chi connectivity index (χ3n) is 7.38. The molecule has 0 bridgehead atoms. The minimum absolute atomic E-state index is 0.117. The number of aliphatic hydroxyl groups excluding tert-OH is 1. The molecule has 0 saturated heterocycles. The van der Waals surface area contributed by atoms with Crippen molar-refractivity contribution in [2.24, 2.45) is 17.8 Å². The first-order valence-electron chi connectivity index (χ1n) is 12.8. The summed E-state index contributed by atoms with van der Waals surface area (Å²) in [4.78, 5) is 23.7. The molecule has 34 heavy (non-hydrogen) atoms. The topological polar surface area (TPSA) is 91.3 Å². The molecule has 0 radical (unpaired) electrons. The van der Waals surface area contributed by atoms with Crippen molar-refractivity contribution >= 4 is 12.1 Å². The fourth-order valence-corrected chi connectivity index (χ4v) is 5.68. The first-order valence-corrected chi connectivity index (χ1v) is 12.8. The molecule has 1 fully saturated rings. The van der Waals surface area contributed by atoms with Crippen LogP contribution in [0.3, 0.4) is 0 Å². The largest absolute Gasteiger partial charge is 0.508 e. The Kier molecular flexibility index (Phi) is 10.1. The average Bonchev–Trinajstić information content (AvgIpc) is 3.15. The van der Waals surface area contributed by atoms with Crippen LogP contribution in [0.25, 0.3) is 0 Å². The van der Waals surface area contributed by atoms with Crippen molar-refractivity contribution in [3.8, 4) is 5.75 Å². The van der Waals surface area contributed by atoms with E-state index in [4.69, 9.17) is 18.9 Å². The summed E-state index contributed by atoms with van der Waals surface area (Å²) in [7, 11) is 1.35. The van der Waals surface area contributed by atoms with Crippen LogP contribution in [0.1, 0.15) is 69.9 Å². The maximum absolute atomic E-state index is 12.2. The van der Waals surface area contributed by atoms with Gasteiger partial charge in [-0.15, -0.1) is 0 Å². The van der Waals surface area contributed by atoms with Gasteiger partial charge in [0.2, 0.25) is 0 Å². The maximum atomic E-state index is 12.2. The zero-order chi connectivity index (χ0) is 24.5. The number of ether oxygens (including phenoxy) is 4. The van der Waals surface area contributed by atoms with Crippen molar-refractivity contribution in [2.45, 2.75) is 83.8 Å². The van der Waals surface area contributed by atoms with Gasteiger partial charge in [0.15, 0.2) is 6.61 Å². The van der Waals surface area contributed by atoms with Crippen molar-refractivity contribution in [1.82, 2.24) is 0 Å². The van der Waals surface area contributed by atoms with Gasteiger partial charge in [-0.05, 0) is 80.4 Å². The van der Waals surface area contributed by atoms with Gasteiger partial charge in [-0.1, -0.05) is 38.3 Å². The zero-order valence-electron chi connectivity index (χ0n) is 20.8. The molecule has 0 aliphatic heterocycles. The van der Waals surface area contributed by atoms with E-state index >= 15 is 0 Å². The van der Waals surface area contributed by atoms with Crippen LogP contribution in [0.5, 0.6) is 5.75 Å². The Bertz CT molecular complexity index is 808. The van der Waals surface area contributed by atoms with E-state index in [9.17, 15) is 14.7 Å². The molecule has 5 atom stereocenters. The predicted octanol–water partition coefficient (Wildman–Crippen LogP) is 4.85. The molecule has 3 rings (SSSR count). The second kappa shape index (κ2) is 13.0. The van der Waals surface area contributed by atoms with Crippen LogP contribution in [-0.2, 0) is 31.8 Å². The fraction of sp³-hybridized carbons (Fsp3) is 0.704. The lowest BCUT2D eigenvalue weighted by atomic mass is 9.73. The maximum Gasteiger partial charge on any atom is 0.508 e. The van der Waals surface area contributed by atoms with E-state index in [0.717, 1.165) is 69.1 Å². The van der Waals surface area contributed by atoms with E-state index in [1.165, 1.54) is 12.7 Å². The highest BCUT2D eigenvalue weighted by atomic mass is 16.7. The van der Waals surface area contributed by atoms with E-state index in [1.807, 2.05) is 12.1 Å². The smallest absolute Gasteiger partial charge is 0.482 e. The molecule has 0 spiro atoms. The molecule has 2 aliphatic rings. The predicted molar refractivity (Wildman–Crippen MR) is 128 cm³/mol. The van der Waals surface area contributed by atoms with Crippen LogP contribution in [-0.4, -0.2) is 49.8 Å². The van der Waals surface area contributed by atoms with Crippen LogP contribution in [0.15, 0.2) is 18.2 Å². The number of carbonyl (C=O) groups is 2. The van der Waals surface area contributed by atoms with Crippen molar-refractivity contribution in [3.05, 3.63) is 29.3 Å². The minimum Gasteiger partial charge on any atom is -0.482 e. The summed E-state index contributed by atoms with van der Waals surface area (Å²) in [5, 5.41) is 10.5. The molecule has 1 saturated carbocycles. The quantitative estimate of drug-likeness (QED) is 0.340. The molecule has 1 aromatic carbocycles. The van der Waals surface area contributed by atoms with E-state index in [0.29, 0.717) is 11.8 Å². The van der Waals surface area contributed by atoms with Crippen LogP contribution in [0.2, 0.25) is 0 Å². The van der Waals surface area contributed by atoms with Crippen LogP contribution in [0, 0.1) is 17.8 Å². The summed E-state index contributed by atoms with van der Waals surface area (Å²) in [5.41, 5.74) is 2.34. The second-order valence-electron chi connectivity index (χ2n) is 9.56. The molecule has 7 heteroatoms. The highest BCUT2D eigenvalue weighted by Gasteiger charge is 2.47. The summed E-state index contributed by atoms with van der Waals surface area (Å²) >= 11 is 0. The standard InChI is InChI=1S/C27H40O7/c1-4-6-7-10-20(28)12-13-21-22-14-18-9-8-11-24(33-17-26(29)31-3)23(18)15-19(22)16-25(21)34-27(30)32-5-2/h8-9,11,19-22,25,28H,4-7,10,12-17H2,1-3H3/t19-,20-,21+,22-,25+/m0/s1. The Labute approximate surface area is 203 Å². The summed E-state index contributed by atoms with van der Waals surface area (Å²) < 4.78 is 21.3. The lowest BCUT2D eigenvalue weighted by Crippen LogP contribution is -2.30.